The van der Waals surface area contributed by atoms with Crippen LogP contribution in [0.15, 0.2) is 74.7 Å². The maximum absolute atomic E-state index is 12.2. The Hall–Kier alpha value is -1.91. The number of hydrogen-bond donors (Lipinski definition) is 1. The van der Waals surface area contributed by atoms with Crippen LogP contribution in [0.2, 0.25) is 0 Å². The number of benzene rings is 3. The Balaban J connectivity index is 1.71. The van der Waals surface area contributed by atoms with Crippen molar-refractivity contribution in [3.8, 4) is 11.5 Å². The number of nitrogens with one attached hydrogen (secondary N) is 1. The van der Waals surface area contributed by atoms with Crippen molar-refractivity contribution in [1.82, 2.24) is 5.43 Å². The maximum Gasteiger partial charge on any atom is 0.271 e. The van der Waals surface area contributed by atoms with Crippen LogP contribution in [0, 0.1) is 3.57 Å². The molecule has 0 saturated carbocycles. The van der Waals surface area contributed by atoms with Gasteiger partial charge in [0.1, 0.15) is 6.61 Å². The molecule has 0 bridgehead atoms. The predicted octanol–water partition coefficient (Wildman–Crippen LogP) is 6.56. The Morgan fingerprint density at radius 1 is 1.03 bits per heavy atom. The fourth-order valence-electron chi connectivity index (χ4n) is 2.63. The van der Waals surface area contributed by atoms with E-state index in [9.17, 15) is 4.79 Å². The second-order valence-electron chi connectivity index (χ2n) is 6.38. The lowest BCUT2D eigenvalue weighted by molar-refractivity contribution is 0.0955. The Morgan fingerprint density at radius 2 is 1.68 bits per heavy atom. The van der Waals surface area contributed by atoms with Crippen LogP contribution in [-0.4, -0.2) is 18.7 Å². The van der Waals surface area contributed by atoms with E-state index in [0.29, 0.717) is 30.3 Å². The summed E-state index contributed by atoms with van der Waals surface area (Å²) in [5, 5.41) is 4.07. The first-order valence-corrected chi connectivity index (χ1v) is 12.0. The lowest BCUT2D eigenvalue weighted by atomic mass is 10.2. The lowest BCUT2D eigenvalue weighted by Gasteiger charge is -2.15. The average Bonchev–Trinajstić information content (AvgIpc) is 2.75. The summed E-state index contributed by atoms with van der Waals surface area (Å²) < 4.78 is 14.7. The number of ether oxygens (including phenoxy) is 2. The van der Waals surface area contributed by atoms with Gasteiger partial charge in [0.25, 0.3) is 5.91 Å². The minimum Gasteiger partial charge on any atom is -0.490 e. The smallest absolute Gasteiger partial charge is 0.271 e. The molecule has 1 N–H and O–H groups in total. The molecule has 0 radical (unpaired) electrons. The van der Waals surface area contributed by atoms with E-state index in [-0.39, 0.29) is 5.91 Å². The number of hydrogen-bond acceptors (Lipinski definition) is 4. The number of carbonyl (C=O) groups is 1. The monoisotopic (exact) mass is 656 g/mol. The van der Waals surface area contributed by atoms with Crippen LogP contribution in [0.4, 0.5) is 0 Å². The van der Waals surface area contributed by atoms with Crippen LogP contribution in [0.25, 0.3) is 0 Å². The zero-order valence-corrected chi connectivity index (χ0v) is 21.9. The van der Waals surface area contributed by atoms with E-state index >= 15 is 0 Å². The third-order valence-corrected chi connectivity index (χ3v) is 5.97. The second-order valence-corrected chi connectivity index (χ2v) is 9.38. The summed E-state index contributed by atoms with van der Waals surface area (Å²) in [7, 11) is 0. The van der Waals surface area contributed by atoms with Crippen molar-refractivity contribution in [1.29, 1.82) is 0 Å². The molecule has 0 unspecified atom stereocenters. The highest BCUT2D eigenvalue weighted by Gasteiger charge is 2.12. The van der Waals surface area contributed by atoms with Gasteiger partial charge in [-0.2, -0.15) is 5.10 Å². The molecule has 3 aromatic carbocycles. The van der Waals surface area contributed by atoms with Gasteiger partial charge in [-0.25, -0.2) is 5.43 Å². The second kappa shape index (κ2) is 11.6. The molecule has 3 rings (SSSR count). The molecule has 0 aliphatic rings. The Labute approximate surface area is 211 Å². The predicted molar refractivity (Wildman–Crippen MR) is 138 cm³/mol. The third kappa shape index (κ3) is 7.05. The number of nitrogens with zero attached hydrogens (tertiary/aromatic N) is 1. The molecular weight excluding hydrogens is 639 g/mol. The van der Waals surface area contributed by atoms with Gasteiger partial charge in [-0.3, -0.25) is 4.79 Å². The Morgan fingerprint density at radius 3 is 2.32 bits per heavy atom. The van der Waals surface area contributed by atoms with Gasteiger partial charge in [-0.05, 0) is 89.2 Å². The van der Waals surface area contributed by atoms with Gasteiger partial charge < -0.3 is 9.47 Å². The number of rotatable bonds is 8. The van der Waals surface area contributed by atoms with Crippen LogP contribution in [0.1, 0.15) is 28.4 Å². The van der Waals surface area contributed by atoms with E-state index in [4.69, 9.17) is 9.47 Å². The van der Waals surface area contributed by atoms with E-state index in [1.807, 2.05) is 55.5 Å². The van der Waals surface area contributed by atoms with Crippen LogP contribution in [-0.2, 0) is 6.61 Å². The molecule has 3 aromatic rings. The van der Waals surface area contributed by atoms with Crippen molar-refractivity contribution >= 4 is 66.6 Å². The van der Waals surface area contributed by atoms with Crippen molar-refractivity contribution < 1.29 is 14.3 Å². The highest BCUT2D eigenvalue weighted by Crippen LogP contribution is 2.34. The van der Waals surface area contributed by atoms with Crippen LogP contribution in [0.3, 0.4) is 0 Å². The Kier molecular flexibility index (Phi) is 8.91. The molecule has 0 atom stereocenters. The molecule has 0 heterocycles. The first-order valence-electron chi connectivity index (χ1n) is 9.39. The largest absolute Gasteiger partial charge is 0.490 e. The van der Waals surface area contributed by atoms with Gasteiger partial charge in [0.2, 0.25) is 0 Å². The molecule has 0 fully saturated rings. The van der Waals surface area contributed by atoms with Crippen molar-refractivity contribution in [3.63, 3.8) is 0 Å². The number of amides is 1. The van der Waals surface area contributed by atoms with E-state index in [0.717, 1.165) is 23.6 Å². The average molecular weight is 658 g/mol. The van der Waals surface area contributed by atoms with E-state index in [2.05, 4.69) is 65.0 Å². The number of hydrazone groups is 1. The highest BCUT2D eigenvalue weighted by atomic mass is 127. The van der Waals surface area contributed by atoms with E-state index < -0.39 is 0 Å². The van der Waals surface area contributed by atoms with Gasteiger partial charge in [0, 0.05) is 14.5 Å². The minimum absolute atomic E-state index is 0.280. The standard InChI is InChI=1S/C23H19Br2IN2O3/c1-2-30-21-12-16(13-27-28-23(29)17-5-9-19(25)10-6-17)11-20(26)22(21)31-14-15-3-7-18(24)8-4-15/h3-13H,2,14H2,1H3,(H,28,29)/b27-13-. The van der Waals surface area contributed by atoms with Gasteiger partial charge in [-0.15, -0.1) is 0 Å². The summed E-state index contributed by atoms with van der Waals surface area (Å²) in [5.74, 6) is 1.03. The maximum atomic E-state index is 12.2. The van der Waals surface area contributed by atoms with Crippen molar-refractivity contribution in [3.05, 3.63) is 89.9 Å². The number of halogens is 3. The molecule has 1 amide bonds. The summed E-state index contributed by atoms with van der Waals surface area (Å²) >= 11 is 9.00. The van der Waals surface area contributed by atoms with E-state index in [1.165, 1.54) is 0 Å². The van der Waals surface area contributed by atoms with Crippen LogP contribution in [0.5, 0.6) is 11.5 Å². The molecule has 0 aromatic heterocycles. The highest BCUT2D eigenvalue weighted by molar-refractivity contribution is 14.1. The van der Waals surface area contributed by atoms with Crippen LogP contribution >= 0.6 is 54.5 Å². The molecular formula is C23H19Br2IN2O3. The summed E-state index contributed by atoms with van der Waals surface area (Å²) in [5.41, 5.74) is 4.92. The minimum atomic E-state index is -0.280. The van der Waals surface area contributed by atoms with Crippen molar-refractivity contribution in [2.24, 2.45) is 5.10 Å². The molecule has 31 heavy (non-hydrogen) atoms. The molecule has 8 heteroatoms. The fourth-order valence-corrected chi connectivity index (χ4v) is 3.94. The summed E-state index contributed by atoms with van der Waals surface area (Å²) in [6.07, 6.45) is 1.58. The lowest BCUT2D eigenvalue weighted by Crippen LogP contribution is -2.17. The van der Waals surface area contributed by atoms with Gasteiger partial charge in [-0.1, -0.05) is 44.0 Å². The first kappa shape index (κ1) is 23.7. The third-order valence-electron chi connectivity index (χ3n) is 4.11. The number of carbonyl (C=O) groups excluding carboxylic acids is 1. The molecule has 0 aliphatic heterocycles. The zero-order valence-electron chi connectivity index (χ0n) is 16.6. The normalized spacial score (nSPS) is 10.8. The molecule has 160 valence electrons. The quantitative estimate of drug-likeness (QED) is 0.170. The molecule has 0 aliphatic carbocycles. The summed E-state index contributed by atoms with van der Waals surface area (Å²) in [4.78, 5) is 12.2. The Bertz CT molecular complexity index is 1070. The fraction of sp³-hybridized carbons (Fsp3) is 0.130. The molecule has 5 nitrogen and oxygen atoms in total. The van der Waals surface area contributed by atoms with Crippen molar-refractivity contribution in [2.75, 3.05) is 6.61 Å². The summed E-state index contributed by atoms with van der Waals surface area (Å²) in [6, 6.07) is 18.8. The first-order chi connectivity index (χ1) is 15.0. The van der Waals surface area contributed by atoms with Gasteiger partial charge >= 0.3 is 0 Å². The van der Waals surface area contributed by atoms with Gasteiger partial charge in [0.05, 0.1) is 16.4 Å². The van der Waals surface area contributed by atoms with E-state index in [1.54, 1.807) is 18.3 Å². The molecule has 0 spiro atoms. The zero-order chi connectivity index (χ0) is 22.2. The SMILES string of the molecule is CCOc1cc(/C=N\NC(=O)c2ccc(Br)cc2)cc(I)c1OCc1ccc(Br)cc1. The topological polar surface area (TPSA) is 59.9 Å². The summed E-state index contributed by atoms with van der Waals surface area (Å²) in [6.45, 7) is 2.86. The van der Waals surface area contributed by atoms with Gasteiger partial charge in [0.15, 0.2) is 11.5 Å². The van der Waals surface area contributed by atoms with Crippen molar-refractivity contribution in [2.45, 2.75) is 13.5 Å². The van der Waals surface area contributed by atoms with Crippen LogP contribution < -0.4 is 14.9 Å². The molecule has 0 saturated heterocycles.